The lowest BCUT2D eigenvalue weighted by Crippen LogP contribution is -2.49. The number of aryl methyl sites for hydroxylation is 1. The van der Waals surface area contributed by atoms with Gasteiger partial charge in [0.05, 0.1) is 6.61 Å². The number of piperazine rings is 1. The lowest BCUT2D eigenvalue weighted by atomic mass is 10.2. The molecular formula is C20H25N5O6. The SMILES string of the molecule is CCOC(=O)N1CCN(c2ccc(OC[C@H]3CCn4cc([N+](=O)[O-])nc4O3)cc2)CC1. The summed E-state index contributed by atoms with van der Waals surface area (Å²) in [6.45, 7) is 5.86. The summed E-state index contributed by atoms with van der Waals surface area (Å²) in [5.74, 6) is 0.507. The summed E-state index contributed by atoms with van der Waals surface area (Å²) >= 11 is 0. The van der Waals surface area contributed by atoms with Gasteiger partial charge in [0.15, 0.2) is 0 Å². The second-order valence-corrected chi connectivity index (χ2v) is 7.34. The topological polar surface area (TPSA) is 112 Å². The fourth-order valence-electron chi connectivity index (χ4n) is 3.64. The van der Waals surface area contributed by atoms with E-state index in [1.54, 1.807) is 16.4 Å². The molecule has 3 heterocycles. The van der Waals surface area contributed by atoms with Crippen LogP contribution in [0.25, 0.3) is 0 Å². The summed E-state index contributed by atoms with van der Waals surface area (Å²) in [4.78, 5) is 30.0. The number of anilines is 1. The summed E-state index contributed by atoms with van der Waals surface area (Å²) < 4.78 is 18.3. The summed E-state index contributed by atoms with van der Waals surface area (Å²) in [6.07, 6.45) is 1.60. The zero-order valence-electron chi connectivity index (χ0n) is 17.3. The maximum absolute atomic E-state index is 11.8. The van der Waals surface area contributed by atoms with Crippen LogP contribution in [-0.2, 0) is 11.3 Å². The number of hydrogen-bond acceptors (Lipinski definition) is 8. The van der Waals surface area contributed by atoms with Gasteiger partial charge in [0.1, 0.15) is 24.7 Å². The molecule has 166 valence electrons. The second kappa shape index (κ2) is 9.11. The Balaban J connectivity index is 1.26. The fourth-order valence-corrected chi connectivity index (χ4v) is 3.64. The van der Waals surface area contributed by atoms with Crippen LogP contribution in [0.1, 0.15) is 13.3 Å². The molecule has 0 unspecified atom stereocenters. The van der Waals surface area contributed by atoms with Crippen molar-refractivity contribution < 1.29 is 23.9 Å². The molecule has 2 aliphatic rings. The number of nitrogens with zero attached hydrogens (tertiary/aromatic N) is 5. The Bertz CT molecular complexity index is 923. The number of fused-ring (bicyclic) bond motifs is 1. The number of imidazole rings is 1. The highest BCUT2D eigenvalue weighted by molar-refractivity contribution is 5.68. The Morgan fingerprint density at radius 3 is 2.65 bits per heavy atom. The van der Waals surface area contributed by atoms with Crippen molar-refractivity contribution in [2.45, 2.75) is 26.0 Å². The Labute approximate surface area is 179 Å². The van der Waals surface area contributed by atoms with Crippen LogP contribution in [0.4, 0.5) is 16.3 Å². The van der Waals surface area contributed by atoms with Crippen molar-refractivity contribution in [3.05, 3.63) is 40.6 Å². The molecule has 0 bridgehead atoms. The van der Waals surface area contributed by atoms with E-state index in [0.29, 0.717) is 39.3 Å². The van der Waals surface area contributed by atoms with Crippen molar-refractivity contribution >= 4 is 17.6 Å². The molecule has 11 heteroatoms. The molecule has 1 fully saturated rings. The van der Waals surface area contributed by atoms with E-state index in [4.69, 9.17) is 14.2 Å². The van der Waals surface area contributed by atoms with Crippen molar-refractivity contribution in [2.75, 3.05) is 44.3 Å². The molecule has 1 aromatic heterocycles. The van der Waals surface area contributed by atoms with Crippen LogP contribution in [0.2, 0.25) is 0 Å². The number of hydrogen-bond donors (Lipinski definition) is 0. The summed E-state index contributed by atoms with van der Waals surface area (Å²) in [5.41, 5.74) is 1.07. The van der Waals surface area contributed by atoms with Crippen LogP contribution in [-0.4, -0.2) is 71.0 Å². The third-order valence-corrected chi connectivity index (χ3v) is 5.32. The number of nitro groups is 1. The molecule has 0 saturated carbocycles. The highest BCUT2D eigenvalue weighted by Crippen LogP contribution is 2.25. The van der Waals surface area contributed by atoms with E-state index in [0.717, 1.165) is 24.5 Å². The first-order valence-electron chi connectivity index (χ1n) is 10.3. The van der Waals surface area contributed by atoms with Gasteiger partial charge in [0.25, 0.3) is 0 Å². The number of benzene rings is 1. The van der Waals surface area contributed by atoms with Crippen LogP contribution in [0.3, 0.4) is 0 Å². The third kappa shape index (κ3) is 4.81. The largest absolute Gasteiger partial charge is 0.490 e. The Kier molecular flexibility index (Phi) is 6.10. The monoisotopic (exact) mass is 431 g/mol. The Morgan fingerprint density at radius 1 is 1.23 bits per heavy atom. The van der Waals surface area contributed by atoms with E-state index in [1.807, 2.05) is 24.3 Å². The van der Waals surface area contributed by atoms with E-state index < -0.39 is 4.92 Å². The van der Waals surface area contributed by atoms with Gasteiger partial charge in [-0.15, -0.1) is 0 Å². The molecule has 0 radical (unpaired) electrons. The number of amides is 1. The highest BCUT2D eigenvalue weighted by atomic mass is 16.6. The van der Waals surface area contributed by atoms with Gasteiger partial charge in [-0.3, -0.25) is 4.57 Å². The average molecular weight is 431 g/mol. The van der Waals surface area contributed by atoms with Crippen LogP contribution in [0.15, 0.2) is 30.5 Å². The van der Waals surface area contributed by atoms with Crippen molar-refractivity contribution in [1.82, 2.24) is 14.5 Å². The minimum atomic E-state index is -0.529. The van der Waals surface area contributed by atoms with Gasteiger partial charge >= 0.3 is 17.9 Å². The minimum absolute atomic E-state index is 0.213. The Hall–Kier alpha value is -3.50. The van der Waals surface area contributed by atoms with Gasteiger partial charge in [0, 0.05) is 49.8 Å². The van der Waals surface area contributed by atoms with Crippen molar-refractivity contribution in [3.63, 3.8) is 0 Å². The number of rotatable bonds is 6. The van der Waals surface area contributed by atoms with Crippen LogP contribution >= 0.6 is 0 Å². The molecule has 2 aliphatic heterocycles. The quantitative estimate of drug-likeness (QED) is 0.506. The van der Waals surface area contributed by atoms with Crippen molar-refractivity contribution in [1.29, 1.82) is 0 Å². The molecule has 0 N–H and O–H groups in total. The lowest BCUT2D eigenvalue weighted by Gasteiger charge is -2.35. The van der Waals surface area contributed by atoms with Crippen LogP contribution in [0.5, 0.6) is 11.8 Å². The van der Waals surface area contributed by atoms with E-state index in [1.165, 1.54) is 6.20 Å². The standard InChI is InChI=1S/C20H25N5O6/c1-2-29-20(26)23-11-9-22(10-12-23)15-3-5-16(6-4-15)30-14-17-7-8-24-13-18(25(27)28)21-19(24)31-17/h3-6,13,17H,2,7-12,14H2,1H3/t17-/m1/s1. The summed E-state index contributed by atoms with van der Waals surface area (Å²) in [5, 5.41) is 10.8. The molecule has 1 saturated heterocycles. The average Bonchev–Trinajstić information content (AvgIpc) is 3.22. The first kappa shape index (κ1) is 20.8. The lowest BCUT2D eigenvalue weighted by molar-refractivity contribution is -0.389. The number of carbonyl (C=O) groups excluding carboxylic acids is 1. The van der Waals surface area contributed by atoms with E-state index >= 15 is 0 Å². The van der Waals surface area contributed by atoms with E-state index in [9.17, 15) is 14.9 Å². The maximum Gasteiger partial charge on any atom is 0.414 e. The van der Waals surface area contributed by atoms with Gasteiger partial charge < -0.3 is 34.1 Å². The normalized spacial score (nSPS) is 18.2. The van der Waals surface area contributed by atoms with Crippen LogP contribution < -0.4 is 14.4 Å². The predicted octanol–water partition coefficient (Wildman–Crippen LogP) is 2.30. The molecule has 0 aliphatic carbocycles. The molecule has 31 heavy (non-hydrogen) atoms. The van der Waals surface area contributed by atoms with E-state index in [-0.39, 0.29) is 24.0 Å². The number of carbonyl (C=O) groups is 1. The molecule has 1 aromatic carbocycles. The maximum atomic E-state index is 11.8. The zero-order valence-corrected chi connectivity index (χ0v) is 17.3. The predicted molar refractivity (Wildman–Crippen MR) is 111 cm³/mol. The van der Waals surface area contributed by atoms with Gasteiger partial charge in [0.2, 0.25) is 0 Å². The first-order valence-corrected chi connectivity index (χ1v) is 10.3. The molecule has 4 rings (SSSR count). The second-order valence-electron chi connectivity index (χ2n) is 7.34. The third-order valence-electron chi connectivity index (χ3n) is 5.32. The van der Waals surface area contributed by atoms with Gasteiger partial charge in [-0.25, -0.2) is 4.79 Å². The molecule has 2 aromatic rings. The van der Waals surface area contributed by atoms with Gasteiger partial charge in [-0.2, -0.15) is 0 Å². The first-order chi connectivity index (χ1) is 15.0. The fraction of sp³-hybridized carbons (Fsp3) is 0.500. The van der Waals surface area contributed by atoms with E-state index in [2.05, 4.69) is 9.88 Å². The van der Waals surface area contributed by atoms with Crippen molar-refractivity contribution in [2.24, 2.45) is 0 Å². The molecule has 11 nitrogen and oxygen atoms in total. The zero-order chi connectivity index (χ0) is 21.8. The smallest absolute Gasteiger partial charge is 0.414 e. The van der Waals surface area contributed by atoms with Gasteiger partial charge in [-0.05, 0) is 36.1 Å². The molecule has 1 atom stereocenters. The summed E-state index contributed by atoms with van der Waals surface area (Å²) in [6, 6.07) is 8.05. The molecular weight excluding hydrogens is 406 g/mol. The number of aromatic nitrogens is 2. The van der Waals surface area contributed by atoms with Crippen molar-refractivity contribution in [3.8, 4) is 11.8 Å². The number of ether oxygens (including phenoxy) is 3. The summed E-state index contributed by atoms with van der Waals surface area (Å²) in [7, 11) is 0. The van der Waals surface area contributed by atoms with Crippen LogP contribution in [0, 0.1) is 10.1 Å². The Morgan fingerprint density at radius 2 is 1.97 bits per heavy atom. The highest BCUT2D eigenvalue weighted by Gasteiger charge is 2.28. The van der Waals surface area contributed by atoms with Gasteiger partial charge in [-0.1, -0.05) is 0 Å². The minimum Gasteiger partial charge on any atom is -0.490 e. The molecule has 1 amide bonds. The molecule has 0 spiro atoms.